The number of aromatic nitrogens is 2. The normalized spacial score (nSPS) is 21.2. The van der Waals surface area contributed by atoms with Crippen molar-refractivity contribution in [3.8, 4) is 0 Å². The third kappa shape index (κ3) is 4.31. The zero-order chi connectivity index (χ0) is 17.6. The molecule has 2 aliphatic heterocycles. The van der Waals surface area contributed by atoms with Crippen molar-refractivity contribution in [2.24, 2.45) is 0 Å². The van der Waals surface area contributed by atoms with E-state index in [2.05, 4.69) is 10.4 Å². The molecule has 0 unspecified atom stereocenters. The topological polar surface area (TPSA) is 79.7 Å². The zero-order valence-electron chi connectivity index (χ0n) is 14.8. The molecule has 1 N–H and O–H groups in total. The summed E-state index contributed by atoms with van der Waals surface area (Å²) in [5.41, 5.74) is 1.13. The lowest BCUT2D eigenvalue weighted by molar-refractivity contribution is -0.133. The molecule has 3 heterocycles. The summed E-state index contributed by atoms with van der Waals surface area (Å²) in [5, 5.41) is 7.76. The summed E-state index contributed by atoms with van der Waals surface area (Å²) in [5.74, 6) is 0.474. The molecule has 1 aromatic rings. The first kappa shape index (κ1) is 17.7. The maximum absolute atomic E-state index is 12.6. The molecule has 0 bridgehead atoms. The Kier molecular flexibility index (Phi) is 5.91. The van der Waals surface area contributed by atoms with Crippen LogP contribution in [0.5, 0.6) is 0 Å². The van der Waals surface area contributed by atoms with E-state index in [1.54, 1.807) is 22.9 Å². The standard InChI is InChI=1S/C17H27N5O3/c1-2-25-17(24)21-10-8-20(9-11-21)16(23)13-22-15(5-7-19-22)14-4-3-6-18-12-14/h5,7,14,18H,2-4,6,8-13H2,1H3/t14-/m1/s1. The summed E-state index contributed by atoms with van der Waals surface area (Å²) in [6, 6.07) is 2.02. The molecule has 0 spiro atoms. The van der Waals surface area contributed by atoms with Gasteiger partial charge in [-0.3, -0.25) is 9.48 Å². The number of hydrogen-bond acceptors (Lipinski definition) is 5. The van der Waals surface area contributed by atoms with Gasteiger partial charge in [-0.15, -0.1) is 0 Å². The van der Waals surface area contributed by atoms with E-state index < -0.39 is 0 Å². The number of rotatable bonds is 4. The third-order valence-electron chi connectivity index (χ3n) is 4.91. The van der Waals surface area contributed by atoms with Crippen molar-refractivity contribution in [3.05, 3.63) is 18.0 Å². The molecular weight excluding hydrogens is 322 g/mol. The number of carbonyl (C=O) groups is 2. The molecule has 2 saturated heterocycles. The second kappa shape index (κ2) is 8.33. The predicted octanol–water partition coefficient (Wildman–Crippen LogP) is 0.651. The Hall–Kier alpha value is -2.09. The van der Waals surface area contributed by atoms with E-state index in [-0.39, 0.29) is 18.5 Å². The van der Waals surface area contributed by atoms with Crippen LogP contribution in [0.15, 0.2) is 12.3 Å². The molecule has 2 fully saturated rings. The van der Waals surface area contributed by atoms with Crippen LogP contribution in [0.25, 0.3) is 0 Å². The van der Waals surface area contributed by atoms with Gasteiger partial charge < -0.3 is 19.9 Å². The average Bonchev–Trinajstić information content (AvgIpc) is 3.11. The minimum absolute atomic E-state index is 0.0530. The van der Waals surface area contributed by atoms with Crippen LogP contribution in [0.3, 0.4) is 0 Å². The van der Waals surface area contributed by atoms with Crippen LogP contribution in [0.1, 0.15) is 31.4 Å². The van der Waals surface area contributed by atoms with E-state index in [0.29, 0.717) is 38.7 Å². The molecule has 2 aliphatic rings. The fourth-order valence-electron chi connectivity index (χ4n) is 3.51. The first-order valence-electron chi connectivity index (χ1n) is 9.11. The summed E-state index contributed by atoms with van der Waals surface area (Å²) in [7, 11) is 0. The van der Waals surface area contributed by atoms with Crippen molar-refractivity contribution in [2.45, 2.75) is 32.2 Å². The molecule has 0 aromatic carbocycles. The van der Waals surface area contributed by atoms with Gasteiger partial charge in [-0.1, -0.05) is 0 Å². The van der Waals surface area contributed by atoms with Crippen molar-refractivity contribution >= 4 is 12.0 Å². The largest absolute Gasteiger partial charge is 0.450 e. The van der Waals surface area contributed by atoms with Crippen molar-refractivity contribution in [3.63, 3.8) is 0 Å². The predicted molar refractivity (Wildman–Crippen MR) is 92.2 cm³/mol. The van der Waals surface area contributed by atoms with Crippen molar-refractivity contribution in [2.75, 3.05) is 45.9 Å². The zero-order valence-corrected chi connectivity index (χ0v) is 14.8. The van der Waals surface area contributed by atoms with Gasteiger partial charge in [0.2, 0.25) is 5.91 Å². The van der Waals surface area contributed by atoms with Crippen LogP contribution in [0, 0.1) is 0 Å². The Morgan fingerprint density at radius 3 is 2.72 bits per heavy atom. The molecule has 8 nitrogen and oxygen atoms in total. The Morgan fingerprint density at radius 2 is 2.04 bits per heavy atom. The van der Waals surface area contributed by atoms with Crippen LogP contribution in [0.2, 0.25) is 0 Å². The Balaban J connectivity index is 1.53. The van der Waals surface area contributed by atoms with E-state index in [9.17, 15) is 9.59 Å². The van der Waals surface area contributed by atoms with Gasteiger partial charge >= 0.3 is 6.09 Å². The first-order chi connectivity index (χ1) is 12.2. The van der Waals surface area contributed by atoms with Crippen LogP contribution in [0.4, 0.5) is 4.79 Å². The summed E-state index contributed by atoms with van der Waals surface area (Å²) in [6.07, 6.45) is 3.76. The minimum atomic E-state index is -0.297. The number of nitrogens with one attached hydrogen (secondary N) is 1. The Bertz CT molecular complexity index is 589. The summed E-state index contributed by atoms with van der Waals surface area (Å²) >= 11 is 0. The van der Waals surface area contributed by atoms with E-state index in [1.165, 1.54) is 0 Å². The molecule has 0 radical (unpaired) electrons. The molecule has 25 heavy (non-hydrogen) atoms. The number of ether oxygens (including phenoxy) is 1. The minimum Gasteiger partial charge on any atom is -0.450 e. The van der Waals surface area contributed by atoms with Crippen molar-refractivity contribution in [1.29, 1.82) is 0 Å². The number of hydrogen-bond donors (Lipinski definition) is 1. The van der Waals surface area contributed by atoms with Crippen LogP contribution < -0.4 is 5.32 Å². The smallest absolute Gasteiger partial charge is 0.409 e. The lowest BCUT2D eigenvalue weighted by Gasteiger charge is -2.34. The SMILES string of the molecule is CCOC(=O)N1CCN(C(=O)Cn2nccc2[C@@H]2CCCNC2)CC1. The van der Waals surface area contributed by atoms with Gasteiger partial charge in [-0.25, -0.2) is 4.79 Å². The molecular formula is C17H27N5O3. The second-order valence-corrected chi connectivity index (χ2v) is 6.52. The highest BCUT2D eigenvalue weighted by Gasteiger charge is 2.26. The van der Waals surface area contributed by atoms with Gasteiger partial charge in [0.05, 0.1) is 6.61 Å². The van der Waals surface area contributed by atoms with Crippen LogP contribution >= 0.6 is 0 Å². The van der Waals surface area contributed by atoms with Gasteiger partial charge in [0, 0.05) is 50.5 Å². The molecule has 1 aromatic heterocycles. The first-order valence-corrected chi connectivity index (χ1v) is 9.11. The highest BCUT2D eigenvalue weighted by atomic mass is 16.6. The molecule has 138 valence electrons. The number of amides is 2. The fourth-order valence-corrected chi connectivity index (χ4v) is 3.51. The number of nitrogens with zero attached hydrogens (tertiary/aromatic N) is 4. The average molecular weight is 349 g/mol. The van der Waals surface area contributed by atoms with Crippen LogP contribution in [-0.2, 0) is 16.1 Å². The lowest BCUT2D eigenvalue weighted by Crippen LogP contribution is -2.51. The number of carbonyl (C=O) groups excluding carboxylic acids is 2. The van der Waals surface area contributed by atoms with E-state index in [1.807, 2.05) is 10.7 Å². The quantitative estimate of drug-likeness (QED) is 0.863. The third-order valence-corrected chi connectivity index (χ3v) is 4.91. The highest BCUT2D eigenvalue weighted by molar-refractivity contribution is 5.76. The van der Waals surface area contributed by atoms with Gasteiger partial charge in [-0.2, -0.15) is 5.10 Å². The van der Waals surface area contributed by atoms with E-state index in [0.717, 1.165) is 31.6 Å². The van der Waals surface area contributed by atoms with Gasteiger partial charge in [0.25, 0.3) is 0 Å². The maximum atomic E-state index is 12.6. The fraction of sp³-hybridized carbons (Fsp3) is 0.706. The Morgan fingerprint density at radius 1 is 1.28 bits per heavy atom. The molecule has 8 heteroatoms. The van der Waals surface area contributed by atoms with Crippen molar-refractivity contribution < 1.29 is 14.3 Å². The van der Waals surface area contributed by atoms with Crippen LogP contribution in [-0.4, -0.2) is 77.5 Å². The summed E-state index contributed by atoms with van der Waals surface area (Å²) in [4.78, 5) is 27.8. The summed E-state index contributed by atoms with van der Waals surface area (Å²) in [6.45, 7) is 6.55. The molecule has 0 saturated carbocycles. The van der Waals surface area contributed by atoms with E-state index >= 15 is 0 Å². The van der Waals surface area contributed by atoms with Gasteiger partial charge in [0.15, 0.2) is 0 Å². The maximum Gasteiger partial charge on any atom is 0.409 e. The molecule has 1 atom stereocenters. The van der Waals surface area contributed by atoms with E-state index in [4.69, 9.17) is 4.74 Å². The van der Waals surface area contributed by atoms with Gasteiger partial charge in [-0.05, 0) is 32.4 Å². The molecule has 2 amide bonds. The molecule has 0 aliphatic carbocycles. The second-order valence-electron chi connectivity index (χ2n) is 6.52. The Labute approximate surface area is 148 Å². The number of piperidine rings is 1. The monoisotopic (exact) mass is 349 g/mol. The summed E-state index contributed by atoms with van der Waals surface area (Å²) < 4.78 is 6.84. The molecule has 3 rings (SSSR count). The highest BCUT2D eigenvalue weighted by Crippen LogP contribution is 2.22. The lowest BCUT2D eigenvalue weighted by atomic mass is 9.96. The van der Waals surface area contributed by atoms with Gasteiger partial charge in [0.1, 0.15) is 6.54 Å². The number of piperazine rings is 1. The van der Waals surface area contributed by atoms with Crippen molar-refractivity contribution in [1.82, 2.24) is 24.9 Å².